The number of nitrogens with zero attached hydrogens (tertiary/aromatic N) is 1. The second-order valence-electron chi connectivity index (χ2n) is 7.67. The SMILES string of the molecule is CCCOc1ccc(/C=C(\C#N)C(=O)Nc2scc(-c3ccc(CC)cc3)c2C(=O)OCC)cc1. The van der Waals surface area contributed by atoms with Crippen LogP contribution >= 0.6 is 11.3 Å². The van der Waals surface area contributed by atoms with E-state index in [1.165, 1.54) is 23.0 Å². The van der Waals surface area contributed by atoms with Crippen LogP contribution in [0.4, 0.5) is 5.00 Å². The minimum absolute atomic E-state index is 0.0794. The molecule has 3 aromatic rings. The summed E-state index contributed by atoms with van der Waals surface area (Å²) in [5, 5.41) is 14.5. The summed E-state index contributed by atoms with van der Waals surface area (Å²) in [6.45, 7) is 6.66. The van der Waals surface area contributed by atoms with Gasteiger partial charge in [0, 0.05) is 10.9 Å². The van der Waals surface area contributed by atoms with Crippen LogP contribution in [-0.2, 0) is 16.0 Å². The normalized spacial score (nSPS) is 11.0. The Balaban J connectivity index is 1.87. The molecule has 1 N–H and O–H groups in total. The summed E-state index contributed by atoms with van der Waals surface area (Å²) in [6, 6.07) is 17.0. The number of nitriles is 1. The van der Waals surface area contributed by atoms with Gasteiger partial charge in [-0.2, -0.15) is 5.26 Å². The molecule has 0 unspecified atom stereocenters. The van der Waals surface area contributed by atoms with Gasteiger partial charge >= 0.3 is 5.97 Å². The van der Waals surface area contributed by atoms with Crippen molar-refractivity contribution < 1.29 is 19.1 Å². The number of ether oxygens (including phenoxy) is 2. The van der Waals surface area contributed by atoms with Crippen molar-refractivity contribution in [3.63, 3.8) is 0 Å². The number of hydrogen-bond donors (Lipinski definition) is 1. The zero-order valence-electron chi connectivity index (χ0n) is 20.1. The summed E-state index contributed by atoms with van der Waals surface area (Å²) >= 11 is 1.22. The topological polar surface area (TPSA) is 88.4 Å². The van der Waals surface area contributed by atoms with Gasteiger partial charge in [0.1, 0.15) is 28.0 Å². The number of anilines is 1. The molecule has 0 spiro atoms. The number of aryl methyl sites for hydroxylation is 1. The van der Waals surface area contributed by atoms with E-state index in [1.807, 2.05) is 42.6 Å². The summed E-state index contributed by atoms with van der Waals surface area (Å²) in [4.78, 5) is 25.8. The van der Waals surface area contributed by atoms with Gasteiger partial charge in [-0.25, -0.2) is 4.79 Å². The van der Waals surface area contributed by atoms with Crippen molar-refractivity contribution in [2.24, 2.45) is 0 Å². The van der Waals surface area contributed by atoms with E-state index in [-0.39, 0.29) is 17.7 Å². The smallest absolute Gasteiger partial charge is 0.341 e. The van der Waals surface area contributed by atoms with Crippen molar-refractivity contribution in [1.29, 1.82) is 5.26 Å². The summed E-state index contributed by atoms with van der Waals surface area (Å²) in [7, 11) is 0. The van der Waals surface area contributed by atoms with Gasteiger partial charge in [0.15, 0.2) is 0 Å². The fourth-order valence-corrected chi connectivity index (χ4v) is 4.31. The number of thiophene rings is 1. The highest BCUT2D eigenvalue weighted by atomic mass is 32.1. The number of hydrogen-bond acceptors (Lipinski definition) is 6. The van der Waals surface area contributed by atoms with E-state index in [1.54, 1.807) is 31.2 Å². The molecular weight excluding hydrogens is 460 g/mol. The molecule has 1 heterocycles. The molecule has 6 nitrogen and oxygen atoms in total. The molecule has 1 amide bonds. The standard InChI is InChI=1S/C28H28N2O4S/c1-4-15-34-23-13-9-20(10-14-23)16-22(17-29)26(31)30-27-25(28(32)33-6-3)24(18-35-27)21-11-7-19(5-2)8-12-21/h7-14,16,18H,4-6,15H2,1-3H3,(H,30,31)/b22-16+. The average molecular weight is 489 g/mol. The minimum Gasteiger partial charge on any atom is -0.494 e. The van der Waals surface area contributed by atoms with Gasteiger partial charge in [0.2, 0.25) is 0 Å². The van der Waals surface area contributed by atoms with Crippen molar-refractivity contribution in [3.05, 3.63) is 76.2 Å². The number of carbonyl (C=O) groups excluding carboxylic acids is 2. The fourth-order valence-electron chi connectivity index (χ4n) is 3.35. The number of esters is 1. The summed E-state index contributed by atoms with van der Waals surface area (Å²) in [5.74, 6) is -0.396. The van der Waals surface area contributed by atoms with Crippen LogP contribution in [0.25, 0.3) is 17.2 Å². The van der Waals surface area contributed by atoms with Gasteiger partial charge in [-0.15, -0.1) is 11.3 Å². The number of rotatable bonds is 10. The molecule has 1 aromatic heterocycles. The second kappa shape index (κ2) is 12.5. The van der Waals surface area contributed by atoms with Gasteiger partial charge < -0.3 is 14.8 Å². The van der Waals surface area contributed by atoms with E-state index in [4.69, 9.17) is 9.47 Å². The second-order valence-corrected chi connectivity index (χ2v) is 8.55. The van der Waals surface area contributed by atoms with Crippen molar-refractivity contribution in [2.75, 3.05) is 18.5 Å². The monoisotopic (exact) mass is 488 g/mol. The lowest BCUT2D eigenvalue weighted by Crippen LogP contribution is -2.16. The third-order valence-electron chi connectivity index (χ3n) is 5.20. The quantitative estimate of drug-likeness (QED) is 0.200. The predicted octanol–water partition coefficient (Wildman–Crippen LogP) is 6.49. The summed E-state index contributed by atoms with van der Waals surface area (Å²) in [5.41, 5.74) is 3.60. The molecule has 0 saturated carbocycles. The fraction of sp³-hybridized carbons (Fsp3) is 0.250. The van der Waals surface area contributed by atoms with Crippen LogP contribution in [0.3, 0.4) is 0 Å². The highest BCUT2D eigenvalue weighted by Crippen LogP contribution is 2.36. The number of carbonyl (C=O) groups is 2. The molecule has 0 aliphatic heterocycles. The molecular formula is C28H28N2O4S. The maximum absolute atomic E-state index is 12.9. The Morgan fingerprint density at radius 3 is 2.37 bits per heavy atom. The third kappa shape index (κ3) is 6.58. The Labute approximate surface area is 209 Å². The zero-order valence-corrected chi connectivity index (χ0v) is 20.9. The van der Waals surface area contributed by atoms with Crippen LogP contribution in [0, 0.1) is 11.3 Å². The van der Waals surface area contributed by atoms with Crippen molar-refractivity contribution >= 4 is 34.3 Å². The van der Waals surface area contributed by atoms with E-state index >= 15 is 0 Å². The Bertz CT molecular complexity index is 1240. The van der Waals surface area contributed by atoms with Crippen molar-refractivity contribution in [2.45, 2.75) is 33.6 Å². The van der Waals surface area contributed by atoms with Gasteiger partial charge in [0.05, 0.1) is 13.2 Å². The first-order chi connectivity index (χ1) is 17.0. The molecule has 0 fully saturated rings. The molecule has 35 heavy (non-hydrogen) atoms. The number of benzene rings is 2. The van der Waals surface area contributed by atoms with E-state index in [0.29, 0.717) is 22.7 Å². The Morgan fingerprint density at radius 1 is 1.06 bits per heavy atom. The van der Waals surface area contributed by atoms with Crippen molar-refractivity contribution in [3.8, 4) is 22.9 Å². The van der Waals surface area contributed by atoms with Crippen LogP contribution in [0.15, 0.2) is 59.5 Å². The van der Waals surface area contributed by atoms with E-state index in [9.17, 15) is 14.9 Å². The summed E-state index contributed by atoms with van der Waals surface area (Å²) < 4.78 is 10.8. The molecule has 0 atom stereocenters. The third-order valence-corrected chi connectivity index (χ3v) is 6.10. The minimum atomic E-state index is -0.598. The predicted molar refractivity (Wildman–Crippen MR) is 140 cm³/mol. The molecule has 2 aromatic carbocycles. The average Bonchev–Trinajstić information content (AvgIpc) is 3.30. The lowest BCUT2D eigenvalue weighted by atomic mass is 10.0. The van der Waals surface area contributed by atoms with E-state index in [2.05, 4.69) is 12.2 Å². The van der Waals surface area contributed by atoms with Gasteiger partial charge in [-0.1, -0.05) is 50.2 Å². The van der Waals surface area contributed by atoms with Crippen LogP contribution in [-0.4, -0.2) is 25.1 Å². The highest BCUT2D eigenvalue weighted by Gasteiger charge is 2.23. The molecule has 0 bridgehead atoms. The largest absolute Gasteiger partial charge is 0.494 e. The van der Waals surface area contributed by atoms with E-state index < -0.39 is 11.9 Å². The first-order valence-electron chi connectivity index (χ1n) is 11.5. The maximum Gasteiger partial charge on any atom is 0.341 e. The van der Waals surface area contributed by atoms with Crippen LogP contribution < -0.4 is 10.1 Å². The molecule has 3 rings (SSSR count). The number of nitrogens with one attached hydrogen (secondary N) is 1. The van der Waals surface area contributed by atoms with Gasteiger partial charge in [-0.3, -0.25) is 4.79 Å². The van der Waals surface area contributed by atoms with Gasteiger partial charge in [0.25, 0.3) is 5.91 Å². The molecule has 7 heteroatoms. The first kappa shape index (κ1) is 25.7. The molecule has 0 radical (unpaired) electrons. The Kier molecular flexibility index (Phi) is 9.22. The maximum atomic E-state index is 12.9. The Hall–Kier alpha value is -3.89. The lowest BCUT2D eigenvalue weighted by Gasteiger charge is -2.09. The lowest BCUT2D eigenvalue weighted by molar-refractivity contribution is -0.112. The van der Waals surface area contributed by atoms with E-state index in [0.717, 1.165) is 24.2 Å². The van der Waals surface area contributed by atoms with Crippen LogP contribution in [0.5, 0.6) is 5.75 Å². The van der Waals surface area contributed by atoms with Crippen LogP contribution in [0.2, 0.25) is 0 Å². The first-order valence-corrected chi connectivity index (χ1v) is 12.4. The number of amides is 1. The molecule has 0 aliphatic carbocycles. The molecule has 0 aliphatic rings. The van der Waals surface area contributed by atoms with Gasteiger partial charge in [-0.05, 0) is 54.7 Å². The highest BCUT2D eigenvalue weighted by molar-refractivity contribution is 7.15. The zero-order chi connectivity index (χ0) is 25.2. The summed E-state index contributed by atoms with van der Waals surface area (Å²) in [6.07, 6.45) is 3.32. The Morgan fingerprint density at radius 2 is 1.77 bits per heavy atom. The van der Waals surface area contributed by atoms with Crippen LogP contribution in [0.1, 0.15) is 48.7 Å². The van der Waals surface area contributed by atoms with Crippen molar-refractivity contribution in [1.82, 2.24) is 0 Å². The molecule has 0 saturated heterocycles. The molecule has 180 valence electrons.